The lowest BCUT2D eigenvalue weighted by Crippen LogP contribution is -2.62. The number of nitrogens with two attached hydrogens (primary N) is 3. The van der Waals surface area contributed by atoms with Crippen LogP contribution < -0.4 is 33.2 Å². The standard InChI is InChI=1S/C31H44ClN8O9P/c1-18(49-50(46,47)48)26(39-25(41)17-32)30(45)40-14-5-4-10-24(40)29(44)38-23(16-19-11-12-20-7-2-3-8-21(20)15-19)28(43)37-22(27(33)42)9-6-13-36-31(34)35/h2-3,7-8,11-12,15,18,22-24,26H,4-6,9-10,13-14,16-17H2,1H3,(H2,33,42)(H,37,43)(H,38,44)(H,39,41)(H4,34,35,36)(H2,46,47,48). The maximum atomic E-state index is 13.9. The molecule has 0 saturated carbocycles. The number of benzene rings is 2. The van der Waals surface area contributed by atoms with E-state index in [1.807, 2.05) is 36.4 Å². The van der Waals surface area contributed by atoms with E-state index in [2.05, 4.69) is 20.9 Å². The van der Waals surface area contributed by atoms with Gasteiger partial charge in [0, 0.05) is 19.5 Å². The first-order chi connectivity index (χ1) is 23.6. The van der Waals surface area contributed by atoms with E-state index in [4.69, 9.17) is 33.3 Å². The molecule has 0 radical (unpaired) electrons. The number of amides is 5. The van der Waals surface area contributed by atoms with E-state index in [-0.39, 0.29) is 38.3 Å². The van der Waals surface area contributed by atoms with Crippen LogP contribution in [0.2, 0.25) is 0 Å². The van der Waals surface area contributed by atoms with Crippen LogP contribution in [0.5, 0.6) is 0 Å². The fraction of sp³-hybridized carbons (Fsp3) is 0.484. The fourth-order valence-electron chi connectivity index (χ4n) is 5.66. The number of aliphatic imine (C=N–C) groups is 1. The van der Waals surface area contributed by atoms with E-state index in [9.17, 15) is 38.3 Å². The number of guanidine groups is 1. The molecular weight excluding hydrogens is 695 g/mol. The van der Waals surface area contributed by atoms with Crippen LogP contribution in [-0.4, -0.2) is 99.4 Å². The van der Waals surface area contributed by atoms with Gasteiger partial charge in [-0.25, -0.2) is 4.57 Å². The highest BCUT2D eigenvalue weighted by molar-refractivity contribution is 7.46. The lowest BCUT2D eigenvalue weighted by Gasteiger charge is -2.38. The average Bonchev–Trinajstić information content (AvgIpc) is 3.06. The van der Waals surface area contributed by atoms with Gasteiger partial charge in [-0.2, -0.15) is 0 Å². The van der Waals surface area contributed by atoms with E-state index in [0.29, 0.717) is 24.8 Å². The Morgan fingerprint density at radius 3 is 2.36 bits per heavy atom. The summed E-state index contributed by atoms with van der Waals surface area (Å²) >= 11 is 5.61. The second-order valence-electron chi connectivity index (χ2n) is 11.9. The molecule has 0 aromatic heterocycles. The van der Waals surface area contributed by atoms with Crippen LogP contribution in [0, 0.1) is 0 Å². The number of nitrogens with zero attached hydrogens (tertiary/aromatic N) is 2. The van der Waals surface area contributed by atoms with Crippen LogP contribution in [0.1, 0.15) is 44.6 Å². The topological polar surface area (TPSA) is 282 Å². The first-order valence-corrected chi connectivity index (χ1v) is 18.0. The first-order valence-electron chi connectivity index (χ1n) is 15.9. The van der Waals surface area contributed by atoms with Gasteiger partial charge in [-0.3, -0.25) is 33.5 Å². The summed E-state index contributed by atoms with van der Waals surface area (Å²) < 4.78 is 16.3. The summed E-state index contributed by atoms with van der Waals surface area (Å²) in [5.41, 5.74) is 17.0. The van der Waals surface area contributed by atoms with Crippen molar-refractivity contribution in [3.05, 3.63) is 48.0 Å². The number of halogens is 1. The molecular formula is C31H44ClN8O9P. The van der Waals surface area contributed by atoms with Crippen molar-refractivity contribution in [1.29, 1.82) is 0 Å². The minimum absolute atomic E-state index is 0.00409. The Hall–Kier alpha value is -4.28. The van der Waals surface area contributed by atoms with Crippen molar-refractivity contribution in [1.82, 2.24) is 20.9 Å². The third-order valence-corrected chi connectivity index (χ3v) is 8.91. The Bertz CT molecular complexity index is 1620. The molecule has 0 bridgehead atoms. The molecule has 0 spiro atoms. The number of carbonyl (C=O) groups is 5. The van der Waals surface area contributed by atoms with Gasteiger partial charge in [0.25, 0.3) is 0 Å². The Morgan fingerprint density at radius 2 is 1.72 bits per heavy atom. The van der Waals surface area contributed by atoms with Crippen molar-refractivity contribution < 1.29 is 42.8 Å². The van der Waals surface area contributed by atoms with Gasteiger partial charge in [0.05, 0.1) is 6.10 Å². The van der Waals surface area contributed by atoms with Crippen molar-refractivity contribution in [3.8, 4) is 0 Å². The van der Waals surface area contributed by atoms with Gasteiger partial charge in [-0.1, -0.05) is 42.5 Å². The zero-order chi connectivity index (χ0) is 37.0. The molecule has 5 unspecified atom stereocenters. The highest BCUT2D eigenvalue weighted by Crippen LogP contribution is 2.38. The summed E-state index contributed by atoms with van der Waals surface area (Å²) in [6, 6.07) is 8.04. The monoisotopic (exact) mass is 738 g/mol. The van der Waals surface area contributed by atoms with Crippen LogP contribution in [-0.2, 0) is 39.5 Å². The Morgan fingerprint density at radius 1 is 1.02 bits per heavy atom. The van der Waals surface area contributed by atoms with Crippen LogP contribution in [0.3, 0.4) is 0 Å². The molecule has 19 heteroatoms. The minimum Gasteiger partial charge on any atom is -0.370 e. The molecule has 3 rings (SSSR count). The normalized spacial score (nSPS) is 17.1. The Labute approximate surface area is 293 Å². The molecule has 5 amide bonds. The van der Waals surface area contributed by atoms with Crippen LogP contribution >= 0.6 is 19.4 Å². The van der Waals surface area contributed by atoms with E-state index in [0.717, 1.165) is 10.8 Å². The summed E-state index contributed by atoms with van der Waals surface area (Å²) in [6.07, 6.45) is 0.133. The van der Waals surface area contributed by atoms with Crippen molar-refractivity contribution in [2.45, 2.75) is 75.7 Å². The van der Waals surface area contributed by atoms with Crippen LogP contribution in [0.4, 0.5) is 0 Å². The number of hydrogen-bond acceptors (Lipinski definition) is 8. The summed E-state index contributed by atoms with van der Waals surface area (Å²) in [5, 5.41) is 9.53. The smallest absolute Gasteiger partial charge is 0.370 e. The second-order valence-corrected chi connectivity index (χ2v) is 13.3. The van der Waals surface area contributed by atoms with Gasteiger partial charge in [0.1, 0.15) is 30.0 Å². The maximum absolute atomic E-state index is 13.9. The molecule has 2 aromatic rings. The third kappa shape index (κ3) is 12.2. The van der Waals surface area contributed by atoms with Gasteiger partial charge >= 0.3 is 7.82 Å². The fourth-order valence-corrected chi connectivity index (χ4v) is 6.29. The van der Waals surface area contributed by atoms with E-state index < -0.39 is 73.5 Å². The predicted molar refractivity (Wildman–Crippen MR) is 185 cm³/mol. The molecule has 274 valence electrons. The maximum Gasteiger partial charge on any atom is 0.469 e. The number of piperidine rings is 1. The van der Waals surface area contributed by atoms with Gasteiger partial charge in [-0.15, -0.1) is 11.6 Å². The number of carbonyl (C=O) groups excluding carboxylic acids is 5. The van der Waals surface area contributed by atoms with Crippen molar-refractivity contribution in [2.24, 2.45) is 22.2 Å². The zero-order valence-electron chi connectivity index (χ0n) is 27.5. The number of rotatable bonds is 17. The number of phosphoric acid groups is 1. The van der Waals surface area contributed by atoms with Gasteiger partial charge < -0.3 is 47.8 Å². The third-order valence-electron chi connectivity index (χ3n) is 8.06. The predicted octanol–water partition coefficient (Wildman–Crippen LogP) is -0.507. The Kier molecular flexibility index (Phi) is 15.0. The molecule has 1 saturated heterocycles. The minimum atomic E-state index is -5.08. The largest absolute Gasteiger partial charge is 0.469 e. The van der Waals surface area contributed by atoms with Crippen LogP contribution in [0.15, 0.2) is 47.5 Å². The first kappa shape index (κ1) is 40.2. The molecule has 1 heterocycles. The molecule has 1 aliphatic rings. The molecule has 0 aliphatic carbocycles. The van der Waals surface area contributed by atoms with Crippen molar-refractivity contribution in [2.75, 3.05) is 19.0 Å². The molecule has 17 nitrogen and oxygen atoms in total. The van der Waals surface area contributed by atoms with Crippen molar-refractivity contribution >= 4 is 65.7 Å². The average molecular weight is 739 g/mol. The number of phosphoric ester groups is 1. The molecule has 50 heavy (non-hydrogen) atoms. The molecule has 2 aromatic carbocycles. The summed E-state index contributed by atoms with van der Waals surface area (Å²) in [4.78, 5) is 89.7. The lowest BCUT2D eigenvalue weighted by molar-refractivity contribution is -0.147. The number of nitrogens with one attached hydrogen (secondary N) is 3. The van der Waals surface area contributed by atoms with E-state index in [1.165, 1.54) is 11.8 Å². The van der Waals surface area contributed by atoms with E-state index >= 15 is 0 Å². The van der Waals surface area contributed by atoms with Crippen molar-refractivity contribution in [3.63, 3.8) is 0 Å². The number of fused-ring (bicyclic) bond motifs is 1. The van der Waals surface area contributed by atoms with Gasteiger partial charge in [0.15, 0.2) is 5.96 Å². The number of hydrogen-bond donors (Lipinski definition) is 8. The SMILES string of the molecule is CC(OP(=O)(O)O)C(NC(=O)CCl)C(=O)N1CCCCC1C(=O)NC(Cc1ccc2ccccc2c1)C(=O)NC(CCCN=C(N)N)C(N)=O. The number of likely N-dealkylation sites (tertiary alicyclic amines) is 1. The van der Waals surface area contributed by atoms with Crippen LogP contribution in [0.25, 0.3) is 10.8 Å². The summed E-state index contributed by atoms with van der Waals surface area (Å²) in [6.45, 7) is 1.44. The molecule has 11 N–H and O–H groups in total. The molecule has 1 aliphatic heterocycles. The van der Waals surface area contributed by atoms with Gasteiger partial charge in [0.2, 0.25) is 29.5 Å². The summed E-state index contributed by atoms with van der Waals surface area (Å²) in [5.74, 6) is -4.54. The molecule has 5 atom stereocenters. The highest BCUT2D eigenvalue weighted by Gasteiger charge is 2.41. The zero-order valence-corrected chi connectivity index (χ0v) is 29.1. The van der Waals surface area contributed by atoms with Gasteiger partial charge in [-0.05, 0) is 55.4 Å². The lowest BCUT2D eigenvalue weighted by atomic mass is 9.97. The summed E-state index contributed by atoms with van der Waals surface area (Å²) in [7, 11) is -5.08. The quantitative estimate of drug-likeness (QED) is 0.0336. The number of alkyl halides is 1. The highest BCUT2D eigenvalue weighted by atomic mass is 35.5. The van der Waals surface area contributed by atoms with E-state index in [1.54, 1.807) is 6.07 Å². The number of primary amides is 1. The Balaban J connectivity index is 1.90. The molecule has 1 fully saturated rings. The second kappa shape index (κ2) is 18.6.